The molecule has 7 heteroatoms. The summed E-state index contributed by atoms with van der Waals surface area (Å²) < 4.78 is 5.69. The maximum absolute atomic E-state index is 12.7. The van der Waals surface area contributed by atoms with Crippen LogP contribution in [0.1, 0.15) is 35.5 Å². The summed E-state index contributed by atoms with van der Waals surface area (Å²) in [6.07, 6.45) is 0.952. The molecule has 3 rings (SSSR count). The van der Waals surface area contributed by atoms with Crippen molar-refractivity contribution in [1.82, 2.24) is 5.32 Å². The molecule has 1 aliphatic carbocycles. The van der Waals surface area contributed by atoms with Crippen LogP contribution in [0.3, 0.4) is 0 Å². The zero-order valence-electron chi connectivity index (χ0n) is 16.1. The summed E-state index contributed by atoms with van der Waals surface area (Å²) in [5, 5.41) is 12.7. The minimum Gasteiger partial charge on any atom is -0.467 e. The molecule has 0 bridgehead atoms. The molecular formula is C21H24N2O4S. The second kappa shape index (κ2) is 7.92. The molecule has 2 aromatic rings. The molecular weight excluding hydrogens is 376 g/mol. The molecule has 4 N–H and O–H groups in total. The molecule has 1 heterocycles. The molecule has 0 radical (unpaired) electrons. The fourth-order valence-electron chi connectivity index (χ4n) is 2.89. The lowest BCUT2D eigenvalue weighted by atomic mass is 9.96. The molecule has 1 aliphatic rings. The maximum Gasteiger partial charge on any atom is 0.330 e. The molecule has 6 nitrogen and oxygen atoms in total. The fourth-order valence-corrected chi connectivity index (χ4v) is 3.90. The van der Waals surface area contributed by atoms with Gasteiger partial charge in [0.2, 0.25) is 0 Å². The van der Waals surface area contributed by atoms with Crippen LogP contribution in [0.2, 0.25) is 0 Å². The SMILES string of the molecule is COC(=O)C(NC(=O)c1cc2ccc(C#C[C@@H]3C[C@H]3CO)cc2s1)C(C)(C)N. The zero-order valence-corrected chi connectivity index (χ0v) is 16.9. The van der Waals surface area contributed by atoms with Gasteiger partial charge < -0.3 is 20.9 Å². The standard InChI is InChI=1S/C21H24N2O4S/c1-21(2,22)18(20(26)27-3)23-19(25)17-10-14-7-5-12(8-16(14)28-17)4-6-13-9-15(13)11-24/h5,7-8,10,13,15,18,24H,9,11,22H2,1-3H3,(H,23,25)/t13-,15+,18?/m1/s1. The van der Waals surface area contributed by atoms with Gasteiger partial charge >= 0.3 is 5.97 Å². The number of carbonyl (C=O) groups excluding carboxylic acids is 2. The van der Waals surface area contributed by atoms with E-state index in [0.29, 0.717) is 10.8 Å². The van der Waals surface area contributed by atoms with Crippen molar-refractivity contribution in [3.8, 4) is 11.8 Å². The first-order valence-corrected chi connectivity index (χ1v) is 9.88. The third kappa shape index (κ3) is 4.53. The zero-order chi connectivity index (χ0) is 20.5. The van der Waals surface area contributed by atoms with Gasteiger partial charge in [-0.3, -0.25) is 4.79 Å². The van der Waals surface area contributed by atoms with Crippen molar-refractivity contribution in [2.45, 2.75) is 31.8 Å². The first kappa shape index (κ1) is 20.3. The quantitative estimate of drug-likeness (QED) is 0.526. The van der Waals surface area contributed by atoms with Crippen molar-refractivity contribution in [2.24, 2.45) is 17.6 Å². The van der Waals surface area contributed by atoms with E-state index in [1.807, 2.05) is 18.2 Å². The summed E-state index contributed by atoms with van der Waals surface area (Å²) >= 11 is 1.33. The number of rotatable bonds is 5. The van der Waals surface area contributed by atoms with Gasteiger partial charge in [0.15, 0.2) is 0 Å². The number of hydrogen-bond acceptors (Lipinski definition) is 6. The number of carbonyl (C=O) groups is 2. The number of ether oxygens (including phenoxy) is 1. The van der Waals surface area contributed by atoms with Gasteiger partial charge in [-0.2, -0.15) is 0 Å². The van der Waals surface area contributed by atoms with Crippen molar-refractivity contribution >= 4 is 33.3 Å². The third-order valence-electron chi connectivity index (χ3n) is 4.76. The number of methoxy groups -OCH3 is 1. The van der Waals surface area contributed by atoms with E-state index >= 15 is 0 Å². The van der Waals surface area contributed by atoms with Crippen LogP contribution in [0, 0.1) is 23.7 Å². The van der Waals surface area contributed by atoms with E-state index in [2.05, 4.69) is 17.2 Å². The number of thiophene rings is 1. The van der Waals surface area contributed by atoms with Gasteiger partial charge in [0.05, 0.1) is 12.0 Å². The highest BCUT2D eigenvalue weighted by molar-refractivity contribution is 7.20. The van der Waals surface area contributed by atoms with Crippen LogP contribution in [-0.4, -0.2) is 42.3 Å². The number of hydrogen-bond donors (Lipinski definition) is 3. The van der Waals surface area contributed by atoms with Gasteiger partial charge in [-0.25, -0.2) is 4.79 Å². The molecule has 148 valence electrons. The Morgan fingerprint density at radius 1 is 1.43 bits per heavy atom. The Hall–Kier alpha value is -2.40. The fraction of sp³-hybridized carbons (Fsp3) is 0.429. The number of amides is 1. The summed E-state index contributed by atoms with van der Waals surface area (Å²) in [5.74, 6) is 5.96. The second-order valence-corrected chi connectivity index (χ2v) is 8.75. The van der Waals surface area contributed by atoms with Gasteiger partial charge in [-0.1, -0.05) is 17.9 Å². The van der Waals surface area contributed by atoms with E-state index in [1.54, 1.807) is 19.9 Å². The average molecular weight is 401 g/mol. The van der Waals surface area contributed by atoms with Crippen LogP contribution < -0.4 is 11.1 Å². The largest absolute Gasteiger partial charge is 0.467 e. The van der Waals surface area contributed by atoms with Crippen molar-refractivity contribution in [3.63, 3.8) is 0 Å². The topological polar surface area (TPSA) is 102 Å². The molecule has 1 fully saturated rings. The predicted octanol–water partition coefficient (Wildman–Crippen LogP) is 1.89. The van der Waals surface area contributed by atoms with Crippen molar-refractivity contribution in [1.29, 1.82) is 0 Å². The molecule has 1 aromatic heterocycles. The van der Waals surface area contributed by atoms with Gasteiger partial charge in [0.1, 0.15) is 6.04 Å². The summed E-state index contributed by atoms with van der Waals surface area (Å²) in [4.78, 5) is 25.1. The average Bonchev–Trinajstić information content (AvgIpc) is 3.29. The Balaban J connectivity index is 1.78. The Labute approximate surface area is 168 Å². The third-order valence-corrected chi connectivity index (χ3v) is 5.86. The normalized spacial score (nSPS) is 19.5. The molecule has 1 amide bonds. The Kier molecular flexibility index (Phi) is 5.75. The lowest BCUT2D eigenvalue weighted by Crippen LogP contribution is -2.59. The predicted molar refractivity (Wildman–Crippen MR) is 109 cm³/mol. The van der Waals surface area contributed by atoms with Crippen molar-refractivity contribution in [3.05, 3.63) is 34.7 Å². The highest BCUT2D eigenvalue weighted by Gasteiger charge is 2.35. The van der Waals surface area contributed by atoms with E-state index in [-0.39, 0.29) is 18.4 Å². The van der Waals surface area contributed by atoms with Crippen LogP contribution in [0.4, 0.5) is 0 Å². The van der Waals surface area contributed by atoms with Crippen LogP contribution in [0.5, 0.6) is 0 Å². The lowest BCUT2D eigenvalue weighted by molar-refractivity contribution is -0.144. The number of aliphatic hydroxyl groups is 1. The van der Waals surface area contributed by atoms with E-state index in [0.717, 1.165) is 22.1 Å². The summed E-state index contributed by atoms with van der Waals surface area (Å²) in [5.41, 5.74) is 5.93. The number of nitrogens with one attached hydrogen (secondary N) is 1. The highest BCUT2D eigenvalue weighted by atomic mass is 32.1. The van der Waals surface area contributed by atoms with Crippen molar-refractivity contribution in [2.75, 3.05) is 13.7 Å². The number of esters is 1. The monoisotopic (exact) mass is 400 g/mol. The number of aliphatic hydroxyl groups excluding tert-OH is 1. The van der Waals surface area contributed by atoms with Gasteiger partial charge in [-0.05, 0) is 49.8 Å². The van der Waals surface area contributed by atoms with Gasteiger partial charge in [-0.15, -0.1) is 11.3 Å². The number of nitrogens with two attached hydrogens (primary N) is 1. The molecule has 0 spiro atoms. The number of fused-ring (bicyclic) bond motifs is 1. The van der Waals surface area contributed by atoms with Crippen molar-refractivity contribution < 1.29 is 19.4 Å². The second-order valence-electron chi connectivity index (χ2n) is 7.67. The van der Waals surface area contributed by atoms with Crippen LogP contribution in [0.15, 0.2) is 24.3 Å². The van der Waals surface area contributed by atoms with Gasteiger partial charge in [0, 0.05) is 28.3 Å². The van der Waals surface area contributed by atoms with E-state index in [1.165, 1.54) is 18.4 Å². The molecule has 0 aliphatic heterocycles. The maximum atomic E-state index is 12.7. The first-order chi connectivity index (χ1) is 13.2. The summed E-state index contributed by atoms with van der Waals surface area (Å²) in [6.45, 7) is 3.51. The van der Waals surface area contributed by atoms with Crippen LogP contribution in [-0.2, 0) is 9.53 Å². The van der Waals surface area contributed by atoms with E-state index < -0.39 is 17.6 Å². The Bertz CT molecular complexity index is 964. The first-order valence-electron chi connectivity index (χ1n) is 9.06. The molecule has 1 saturated carbocycles. The molecule has 28 heavy (non-hydrogen) atoms. The molecule has 1 unspecified atom stereocenters. The minimum absolute atomic E-state index is 0.188. The summed E-state index contributed by atoms with van der Waals surface area (Å²) in [6, 6.07) is 6.63. The lowest BCUT2D eigenvalue weighted by Gasteiger charge is -2.28. The Morgan fingerprint density at radius 2 is 2.18 bits per heavy atom. The Morgan fingerprint density at radius 3 is 2.79 bits per heavy atom. The van der Waals surface area contributed by atoms with Gasteiger partial charge in [0.25, 0.3) is 5.91 Å². The minimum atomic E-state index is -0.961. The molecule has 1 aromatic carbocycles. The van der Waals surface area contributed by atoms with Crippen LogP contribution >= 0.6 is 11.3 Å². The smallest absolute Gasteiger partial charge is 0.330 e. The van der Waals surface area contributed by atoms with Crippen LogP contribution in [0.25, 0.3) is 10.1 Å². The van der Waals surface area contributed by atoms with E-state index in [9.17, 15) is 9.59 Å². The molecule has 0 saturated heterocycles. The highest BCUT2D eigenvalue weighted by Crippen LogP contribution is 2.37. The summed E-state index contributed by atoms with van der Waals surface area (Å²) in [7, 11) is 1.26. The number of benzene rings is 1. The molecule has 3 atom stereocenters. The van der Waals surface area contributed by atoms with E-state index in [4.69, 9.17) is 15.6 Å².